The van der Waals surface area contributed by atoms with E-state index in [-0.39, 0.29) is 6.42 Å². The van der Waals surface area contributed by atoms with Gasteiger partial charge in [0.2, 0.25) is 0 Å². The summed E-state index contributed by atoms with van der Waals surface area (Å²) in [7, 11) is 0. The van der Waals surface area contributed by atoms with E-state index in [9.17, 15) is 9.59 Å². The van der Waals surface area contributed by atoms with Gasteiger partial charge in [-0.2, -0.15) is 0 Å². The van der Waals surface area contributed by atoms with Gasteiger partial charge in [-0.05, 0) is 29.7 Å². The van der Waals surface area contributed by atoms with Crippen LogP contribution in [-0.4, -0.2) is 22.2 Å². The molecule has 0 unspecified atom stereocenters. The van der Waals surface area contributed by atoms with Gasteiger partial charge < -0.3 is 10.2 Å². The van der Waals surface area contributed by atoms with Crippen molar-refractivity contribution >= 4 is 33.9 Å². The fourth-order valence-electron chi connectivity index (χ4n) is 1.29. The highest BCUT2D eigenvalue weighted by Gasteiger charge is 2.02. The Labute approximate surface area is 107 Å². The lowest BCUT2D eigenvalue weighted by molar-refractivity contribution is -0.137. The summed E-state index contributed by atoms with van der Waals surface area (Å²) in [6, 6.07) is 5.36. The van der Waals surface area contributed by atoms with Gasteiger partial charge in [0.1, 0.15) is 0 Å². The van der Waals surface area contributed by atoms with Crippen LogP contribution in [0.3, 0.4) is 0 Å². The quantitative estimate of drug-likeness (QED) is 0.819. The first-order valence-corrected chi connectivity index (χ1v) is 5.69. The Balaban J connectivity index is 2.86. The molecular weight excluding hydrogens is 288 g/mol. The number of carboxylic acid groups (broad SMARTS) is 2. The molecule has 0 aliphatic carbocycles. The van der Waals surface area contributed by atoms with Crippen LogP contribution in [0.25, 0.3) is 6.08 Å². The highest BCUT2D eigenvalue weighted by Crippen LogP contribution is 2.20. The van der Waals surface area contributed by atoms with E-state index in [4.69, 9.17) is 10.2 Å². The first-order valence-electron chi connectivity index (χ1n) is 4.90. The fourth-order valence-corrected chi connectivity index (χ4v) is 1.67. The van der Waals surface area contributed by atoms with Crippen molar-refractivity contribution in [1.82, 2.24) is 0 Å². The second kappa shape index (κ2) is 6.20. The summed E-state index contributed by atoms with van der Waals surface area (Å²) in [4.78, 5) is 20.8. The number of hydrogen-bond donors (Lipinski definition) is 2. The Morgan fingerprint density at radius 1 is 1.29 bits per heavy atom. The Morgan fingerprint density at radius 2 is 2.00 bits per heavy atom. The highest BCUT2D eigenvalue weighted by molar-refractivity contribution is 9.10. The minimum absolute atomic E-state index is 0.0592. The zero-order chi connectivity index (χ0) is 12.8. The van der Waals surface area contributed by atoms with Gasteiger partial charge in [0.25, 0.3) is 0 Å². The summed E-state index contributed by atoms with van der Waals surface area (Å²) in [5.74, 6) is -1.87. The molecule has 17 heavy (non-hydrogen) atoms. The highest BCUT2D eigenvalue weighted by atomic mass is 79.9. The Kier molecular flexibility index (Phi) is 4.90. The molecule has 0 radical (unpaired) electrons. The van der Waals surface area contributed by atoms with Gasteiger partial charge in [-0.15, -0.1) is 0 Å². The predicted molar refractivity (Wildman–Crippen MR) is 66.8 cm³/mol. The van der Waals surface area contributed by atoms with Crippen molar-refractivity contribution in [2.75, 3.05) is 0 Å². The number of carbonyl (C=O) groups is 2. The maximum Gasteiger partial charge on any atom is 0.328 e. The third kappa shape index (κ3) is 4.82. The maximum atomic E-state index is 10.4. The van der Waals surface area contributed by atoms with Gasteiger partial charge in [-0.1, -0.05) is 28.1 Å². The van der Waals surface area contributed by atoms with E-state index in [0.717, 1.165) is 21.7 Å². The van der Waals surface area contributed by atoms with E-state index in [2.05, 4.69) is 15.9 Å². The lowest BCUT2D eigenvalue weighted by Crippen LogP contribution is -1.97. The average molecular weight is 299 g/mol. The van der Waals surface area contributed by atoms with Crippen molar-refractivity contribution in [1.29, 1.82) is 0 Å². The molecular formula is C12H11BrO4. The number of halogens is 1. The van der Waals surface area contributed by atoms with Gasteiger partial charge >= 0.3 is 11.9 Å². The molecule has 0 heterocycles. The van der Waals surface area contributed by atoms with Crippen LogP contribution in [0.4, 0.5) is 0 Å². The molecule has 5 heteroatoms. The minimum atomic E-state index is -1.02. The van der Waals surface area contributed by atoms with Crippen LogP contribution in [0, 0.1) is 0 Å². The Bertz CT molecular complexity index is 466. The van der Waals surface area contributed by atoms with Gasteiger partial charge in [-0.3, -0.25) is 4.79 Å². The van der Waals surface area contributed by atoms with Crippen LogP contribution < -0.4 is 0 Å². The molecule has 0 aliphatic rings. The lowest BCUT2D eigenvalue weighted by atomic mass is 10.1. The monoisotopic (exact) mass is 298 g/mol. The third-order valence-electron chi connectivity index (χ3n) is 2.09. The molecule has 0 fully saturated rings. The smallest absolute Gasteiger partial charge is 0.328 e. The lowest BCUT2D eigenvalue weighted by Gasteiger charge is -2.03. The Morgan fingerprint density at radius 3 is 2.59 bits per heavy atom. The molecule has 0 saturated carbocycles. The molecule has 0 amide bonds. The van der Waals surface area contributed by atoms with Crippen molar-refractivity contribution in [3.63, 3.8) is 0 Å². The fraction of sp³-hybridized carbons (Fsp3) is 0.167. The standard InChI is InChI=1S/C12H11BrO4/c13-10-4-1-8(2-5-11(14)15)7-9(10)3-6-12(16)17/h1,3-4,6-7H,2,5H2,(H,14,15)(H,16,17)/b6-3+. The largest absolute Gasteiger partial charge is 0.481 e. The van der Waals surface area contributed by atoms with Gasteiger partial charge in [0, 0.05) is 17.0 Å². The SMILES string of the molecule is O=C(O)/C=C/c1cc(CCC(=O)O)ccc1Br. The van der Waals surface area contributed by atoms with E-state index in [1.54, 1.807) is 12.1 Å². The van der Waals surface area contributed by atoms with Crippen molar-refractivity contribution in [3.05, 3.63) is 39.9 Å². The van der Waals surface area contributed by atoms with E-state index >= 15 is 0 Å². The van der Waals surface area contributed by atoms with Crippen molar-refractivity contribution in [2.24, 2.45) is 0 Å². The zero-order valence-corrected chi connectivity index (χ0v) is 10.5. The van der Waals surface area contributed by atoms with Crippen LogP contribution in [0.15, 0.2) is 28.7 Å². The second-order valence-corrected chi connectivity index (χ2v) is 4.28. The summed E-state index contributed by atoms with van der Waals surface area (Å²) < 4.78 is 0.772. The molecule has 1 aromatic carbocycles. The van der Waals surface area contributed by atoms with Crippen LogP contribution in [0.2, 0.25) is 0 Å². The number of benzene rings is 1. The number of carboxylic acids is 2. The van der Waals surface area contributed by atoms with Crippen LogP contribution >= 0.6 is 15.9 Å². The first-order chi connectivity index (χ1) is 7.99. The van der Waals surface area contributed by atoms with Crippen molar-refractivity contribution in [3.8, 4) is 0 Å². The normalized spacial score (nSPS) is 10.6. The molecule has 1 aromatic rings. The molecule has 1 rings (SSSR count). The summed E-state index contributed by atoms with van der Waals surface area (Å²) >= 11 is 3.30. The molecule has 0 spiro atoms. The van der Waals surface area contributed by atoms with E-state index in [1.165, 1.54) is 6.08 Å². The molecule has 0 bridgehead atoms. The number of aliphatic carboxylic acids is 2. The van der Waals surface area contributed by atoms with Gasteiger partial charge in [0.15, 0.2) is 0 Å². The van der Waals surface area contributed by atoms with E-state index in [1.807, 2.05) is 6.07 Å². The number of aryl methyl sites for hydroxylation is 1. The van der Waals surface area contributed by atoms with Gasteiger partial charge in [-0.25, -0.2) is 4.79 Å². The molecule has 4 nitrogen and oxygen atoms in total. The maximum absolute atomic E-state index is 10.4. The molecule has 90 valence electrons. The molecule has 0 aromatic heterocycles. The summed E-state index contributed by atoms with van der Waals surface area (Å²) in [6.45, 7) is 0. The molecule has 0 saturated heterocycles. The third-order valence-corrected chi connectivity index (χ3v) is 2.82. The summed E-state index contributed by atoms with van der Waals surface area (Å²) in [5.41, 5.74) is 1.58. The summed E-state index contributed by atoms with van der Waals surface area (Å²) in [5, 5.41) is 17.1. The molecule has 2 N–H and O–H groups in total. The van der Waals surface area contributed by atoms with Crippen LogP contribution in [-0.2, 0) is 16.0 Å². The zero-order valence-electron chi connectivity index (χ0n) is 8.89. The second-order valence-electron chi connectivity index (χ2n) is 3.42. The first kappa shape index (κ1) is 13.4. The van der Waals surface area contributed by atoms with E-state index < -0.39 is 11.9 Å². The number of hydrogen-bond acceptors (Lipinski definition) is 2. The molecule has 0 atom stereocenters. The molecule has 0 aliphatic heterocycles. The van der Waals surface area contributed by atoms with Crippen LogP contribution in [0.5, 0.6) is 0 Å². The summed E-state index contributed by atoms with van der Waals surface area (Å²) in [6.07, 6.45) is 3.00. The topological polar surface area (TPSA) is 74.6 Å². The van der Waals surface area contributed by atoms with Crippen molar-refractivity contribution < 1.29 is 19.8 Å². The van der Waals surface area contributed by atoms with Crippen LogP contribution in [0.1, 0.15) is 17.5 Å². The Hall–Kier alpha value is -1.62. The number of rotatable bonds is 5. The average Bonchev–Trinajstić information content (AvgIpc) is 2.26. The van der Waals surface area contributed by atoms with Gasteiger partial charge in [0.05, 0.1) is 0 Å². The predicted octanol–water partition coefficient (Wildman–Crippen LogP) is 2.56. The van der Waals surface area contributed by atoms with E-state index in [0.29, 0.717) is 6.42 Å². The van der Waals surface area contributed by atoms with Crippen molar-refractivity contribution in [2.45, 2.75) is 12.8 Å². The minimum Gasteiger partial charge on any atom is -0.481 e.